The lowest BCUT2D eigenvalue weighted by Crippen LogP contribution is -1.97. The third-order valence-corrected chi connectivity index (χ3v) is 11.1. The number of fused-ring (bicyclic) bond motifs is 9. The van der Waals surface area contributed by atoms with Gasteiger partial charge in [0.05, 0.1) is 56.4 Å². The number of para-hydroxylation sites is 4. The SMILES string of the molecule is N#Cc1ccc2c3ccccc3n(-c3ccc(-c4ccc(-n5c6ccccc6c6cc(-n7c8ccccc8c8ccccc87)ccc65)cc4C#N)cc3)c2c1. The first-order valence-corrected chi connectivity index (χ1v) is 18.3. The summed E-state index contributed by atoms with van der Waals surface area (Å²) in [4.78, 5) is 0. The predicted octanol–water partition coefficient (Wildman–Crippen LogP) is 12.4. The highest BCUT2D eigenvalue weighted by Crippen LogP contribution is 2.38. The van der Waals surface area contributed by atoms with Gasteiger partial charge in [-0.05, 0) is 90.0 Å². The van der Waals surface area contributed by atoms with Gasteiger partial charge in [-0.1, -0.05) is 97.1 Å². The molecule has 0 amide bonds. The number of aromatic nitrogens is 3. The van der Waals surface area contributed by atoms with Gasteiger partial charge < -0.3 is 13.7 Å². The number of rotatable bonds is 4. The second-order valence-corrected chi connectivity index (χ2v) is 14.0. The monoisotopic (exact) mass is 699 g/mol. The molecule has 11 aromatic rings. The maximum absolute atomic E-state index is 10.5. The van der Waals surface area contributed by atoms with Crippen molar-refractivity contribution in [2.75, 3.05) is 0 Å². The molecule has 3 heterocycles. The van der Waals surface area contributed by atoms with Crippen LogP contribution in [0.15, 0.2) is 176 Å². The van der Waals surface area contributed by atoms with E-state index < -0.39 is 0 Å². The quantitative estimate of drug-likeness (QED) is 0.184. The third kappa shape index (κ3) is 4.51. The first-order chi connectivity index (χ1) is 27.2. The fraction of sp³-hybridized carbons (Fsp3) is 0. The minimum Gasteiger partial charge on any atom is -0.309 e. The first-order valence-electron chi connectivity index (χ1n) is 18.3. The van der Waals surface area contributed by atoms with Crippen molar-refractivity contribution in [3.63, 3.8) is 0 Å². The predicted molar refractivity (Wildman–Crippen MR) is 224 cm³/mol. The fourth-order valence-electron chi connectivity index (χ4n) is 8.70. The average Bonchev–Trinajstić information content (AvgIpc) is 3.88. The van der Waals surface area contributed by atoms with Gasteiger partial charge in [0.1, 0.15) is 0 Å². The molecule has 0 atom stereocenters. The maximum Gasteiger partial charge on any atom is 0.0998 e. The second kappa shape index (κ2) is 11.8. The first kappa shape index (κ1) is 30.7. The van der Waals surface area contributed by atoms with Crippen molar-refractivity contribution in [2.24, 2.45) is 0 Å². The number of hydrogen-bond donors (Lipinski definition) is 0. The Kier molecular flexibility index (Phi) is 6.61. The lowest BCUT2D eigenvalue weighted by molar-refractivity contribution is 1.16. The molecule has 0 aliphatic carbocycles. The number of hydrogen-bond acceptors (Lipinski definition) is 2. The Bertz CT molecular complexity index is 3400. The zero-order valence-electron chi connectivity index (χ0n) is 29.5. The van der Waals surface area contributed by atoms with Gasteiger partial charge >= 0.3 is 0 Å². The molecule has 0 fully saturated rings. The summed E-state index contributed by atoms with van der Waals surface area (Å²) in [5.74, 6) is 0. The summed E-state index contributed by atoms with van der Waals surface area (Å²) in [5.41, 5.74) is 12.7. The zero-order chi connectivity index (χ0) is 36.6. The van der Waals surface area contributed by atoms with Gasteiger partial charge in [-0.15, -0.1) is 0 Å². The van der Waals surface area contributed by atoms with Gasteiger partial charge in [-0.3, -0.25) is 0 Å². The molecule has 11 rings (SSSR count). The Hall–Kier alpha value is -7.86. The van der Waals surface area contributed by atoms with Gasteiger partial charge in [0.25, 0.3) is 0 Å². The standard InChI is InChI=1S/C50H29N5/c51-30-32-17-24-43-41-11-3-5-13-45(41)53(50(43)27-32)35-20-18-33(19-21-35)38-25-22-36(28-34(38)31-52)54-48-16-8-4-12-42(48)44-29-37(23-26-49(44)54)55-46-14-6-1-9-39(46)40-10-2-7-15-47(40)55/h1-29H. The van der Waals surface area contributed by atoms with Gasteiger partial charge in [0, 0.05) is 49.4 Å². The van der Waals surface area contributed by atoms with Crippen LogP contribution in [-0.4, -0.2) is 13.7 Å². The molecule has 55 heavy (non-hydrogen) atoms. The Morgan fingerprint density at radius 1 is 0.327 bits per heavy atom. The second-order valence-electron chi connectivity index (χ2n) is 14.0. The zero-order valence-corrected chi connectivity index (χ0v) is 29.5. The highest BCUT2D eigenvalue weighted by Gasteiger charge is 2.18. The molecule has 3 aromatic heterocycles. The Morgan fingerprint density at radius 3 is 1.35 bits per heavy atom. The summed E-state index contributed by atoms with van der Waals surface area (Å²) in [6.45, 7) is 0. The van der Waals surface area contributed by atoms with Crippen molar-refractivity contribution >= 4 is 65.4 Å². The van der Waals surface area contributed by atoms with Crippen molar-refractivity contribution in [3.8, 4) is 40.3 Å². The van der Waals surface area contributed by atoms with Gasteiger partial charge in [-0.2, -0.15) is 10.5 Å². The molecule has 0 bridgehead atoms. The minimum absolute atomic E-state index is 0.605. The number of nitriles is 2. The van der Waals surface area contributed by atoms with Crippen LogP contribution in [0.25, 0.3) is 93.6 Å². The fourth-order valence-corrected chi connectivity index (χ4v) is 8.70. The molecule has 5 nitrogen and oxygen atoms in total. The van der Waals surface area contributed by atoms with Crippen molar-refractivity contribution in [1.29, 1.82) is 10.5 Å². The molecular weight excluding hydrogens is 671 g/mol. The molecule has 254 valence electrons. The topological polar surface area (TPSA) is 62.4 Å². The van der Waals surface area contributed by atoms with Crippen molar-refractivity contribution < 1.29 is 0 Å². The van der Waals surface area contributed by atoms with Crippen LogP contribution >= 0.6 is 0 Å². The Morgan fingerprint density at radius 2 is 0.782 bits per heavy atom. The van der Waals surface area contributed by atoms with Crippen LogP contribution in [0.1, 0.15) is 11.1 Å². The van der Waals surface area contributed by atoms with Gasteiger partial charge in [0.2, 0.25) is 0 Å². The lowest BCUT2D eigenvalue weighted by atomic mass is 9.99. The Labute approximate surface area is 316 Å². The van der Waals surface area contributed by atoms with Crippen molar-refractivity contribution in [3.05, 3.63) is 187 Å². The van der Waals surface area contributed by atoms with Gasteiger partial charge in [-0.25, -0.2) is 0 Å². The van der Waals surface area contributed by atoms with Crippen LogP contribution < -0.4 is 0 Å². The van der Waals surface area contributed by atoms with Crippen LogP contribution in [-0.2, 0) is 0 Å². The van der Waals surface area contributed by atoms with Gasteiger partial charge in [0.15, 0.2) is 0 Å². The molecule has 0 saturated heterocycles. The van der Waals surface area contributed by atoms with Crippen molar-refractivity contribution in [1.82, 2.24) is 13.7 Å². The van der Waals surface area contributed by atoms with E-state index in [4.69, 9.17) is 0 Å². The van der Waals surface area contributed by atoms with E-state index in [0.717, 1.165) is 71.8 Å². The minimum atomic E-state index is 0.605. The summed E-state index contributed by atoms with van der Waals surface area (Å²) in [6, 6.07) is 65.9. The molecule has 0 radical (unpaired) electrons. The van der Waals surface area contributed by atoms with E-state index in [2.05, 4.69) is 165 Å². The summed E-state index contributed by atoms with van der Waals surface area (Å²) in [5, 5.41) is 27.2. The molecule has 0 aliphatic heterocycles. The van der Waals surface area contributed by atoms with Crippen molar-refractivity contribution in [2.45, 2.75) is 0 Å². The highest BCUT2D eigenvalue weighted by atomic mass is 15.0. The summed E-state index contributed by atoms with van der Waals surface area (Å²) in [6.07, 6.45) is 0. The van der Waals surface area contributed by atoms with E-state index >= 15 is 0 Å². The van der Waals surface area contributed by atoms with E-state index in [1.807, 2.05) is 36.4 Å². The number of benzene rings is 8. The van der Waals surface area contributed by atoms with Crippen LogP contribution in [0.3, 0.4) is 0 Å². The van der Waals surface area contributed by atoms with E-state index in [9.17, 15) is 10.5 Å². The maximum atomic E-state index is 10.5. The van der Waals surface area contributed by atoms with E-state index in [0.29, 0.717) is 11.1 Å². The molecule has 0 aliphatic rings. The van der Waals surface area contributed by atoms with Crippen LogP contribution in [0.4, 0.5) is 0 Å². The van der Waals surface area contributed by atoms with E-state index in [1.165, 1.54) is 21.8 Å². The van der Waals surface area contributed by atoms with Crippen LogP contribution in [0, 0.1) is 22.7 Å². The Balaban J connectivity index is 1.02. The third-order valence-electron chi connectivity index (χ3n) is 11.1. The highest BCUT2D eigenvalue weighted by molar-refractivity contribution is 6.12. The van der Waals surface area contributed by atoms with Crippen LogP contribution in [0.5, 0.6) is 0 Å². The molecule has 8 aromatic carbocycles. The van der Waals surface area contributed by atoms with E-state index in [-0.39, 0.29) is 0 Å². The average molecular weight is 700 g/mol. The van der Waals surface area contributed by atoms with E-state index in [1.54, 1.807) is 0 Å². The molecular formula is C50H29N5. The largest absolute Gasteiger partial charge is 0.309 e. The lowest BCUT2D eigenvalue weighted by Gasteiger charge is -2.13. The molecule has 5 heteroatoms. The summed E-state index contributed by atoms with van der Waals surface area (Å²) < 4.78 is 6.83. The molecule has 0 saturated carbocycles. The smallest absolute Gasteiger partial charge is 0.0998 e. The molecule has 0 unspecified atom stereocenters. The summed E-state index contributed by atoms with van der Waals surface area (Å²) in [7, 11) is 0. The molecule has 0 spiro atoms. The molecule has 0 N–H and O–H groups in total. The van der Waals surface area contributed by atoms with Crippen LogP contribution in [0.2, 0.25) is 0 Å². The number of nitrogens with zero attached hydrogens (tertiary/aromatic N) is 5. The normalized spacial score (nSPS) is 11.6. The summed E-state index contributed by atoms with van der Waals surface area (Å²) >= 11 is 0.